The second kappa shape index (κ2) is 7.62. The van der Waals surface area contributed by atoms with Gasteiger partial charge in [0.05, 0.1) is 0 Å². The SMILES string of the molecule is CC(C)(C)OC(=O)N1CCN(C[C@@H](F)C2CCCCC2)CC1. The van der Waals surface area contributed by atoms with Crippen molar-refractivity contribution in [3.05, 3.63) is 0 Å². The van der Waals surface area contributed by atoms with Crippen LogP contribution in [0.25, 0.3) is 0 Å². The van der Waals surface area contributed by atoms with Crippen LogP contribution < -0.4 is 0 Å². The molecule has 5 heteroatoms. The molecule has 1 aliphatic heterocycles. The van der Waals surface area contributed by atoms with E-state index in [1.54, 1.807) is 4.90 Å². The fourth-order valence-electron chi connectivity index (χ4n) is 3.33. The van der Waals surface area contributed by atoms with Gasteiger partial charge in [0.2, 0.25) is 0 Å². The topological polar surface area (TPSA) is 32.8 Å². The van der Waals surface area contributed by atoms with E-state index in [4.69, 9.17) is 4.74 Å². The highest BCUT2D eigenvalue weighted by Crippen LogP contribution is 2.28. The third-order valence-corrected chi connectivity index (χ3v) is 4.62. The fourth-order valence-corrected chi connectivity index (χ4v) is 3.33. The molecule has 0 radical (unpaired) electrons. The molecule has 22 heavy (non-hydrogen) atoms. The summed E-state index contributed by atoms with van der Waals surface area (Å²) in [5.41, 5.74) is -0.459. The number of carbonyl (C=O) groups excluding carboxylic acids is 1. The number of alkyl halides is 1. The van der Waals surface area contributed by atoms with Gasteiger partial charge < -0.3 is 9.64 Å². The van der Waals surface area contributed by atoms with Gasteiger partial charge in [-0.2, -0.15) is 0 Å². The Kier molecular flexibility index (Phi) is 6.07. The molecule has 0 aromatic rings. The van der Waals surface area contributed by atoms with Gasteiger partial charge in [-0.25, -0.2) is 9.18 Å². The van der Waals surface area contributed by atoms with Gasteiger partial charge in [0, 0.05) is 32.7 Å². The molecule has 1 atom stereocenters. The Bertz CT molecular complexity index is 356. The van der Waals surface area contributed by atoms with Gasteiger partial charge in [-0.05, 0) is 39.5 Å². The van der Waals surface area contributed by atoms with E-state index in [0.29, 0.717) is 19.6 Å². The van der Waals surface area contributed by atoms with Gasteiger partial charge in [-0.3, -0.25) is 4.90 Å². The Labute approximate surface area is 134 Å². The second-order valence-electron chi connectivity index (χ2n) is 7.68. The Morgan fingerprint density at radius 2 is 1.73 bits per heavy atom. The number of nitrogens with zero attached hydrogens (tertiary/aromatic N) is 2. The molecule has 1 heterocycles. The van der Waals surface area contributed by atoms with Crippen molar-refractivity contribution in [2.45, 2.75) is 64.6 Å². The second-order valence-corrected chi connectivity index (χ2v) is 7.68. The lowest BCUT2D eigenvalue weighted by molar-refractivity contribution is 0.0108. The van der Waals surface area contributed by atoms with Crippen LogP contribution in [0.1, 0.15) is 52.9 Å². The number of hydrogen-bond acceptors (Lipinski definition) is 3. The van der Waals surface area contributed by atoms with Crippen LogP contribution in [-0.2, 0) is 4.74 Å². The predicted molar refractivity (Wildman–Crippen MR) is 85.7 cm³/mol. The van der Waals surface area contributed by atoms with Crippen LogP contribution in [-0.4, -0.2) is 60.4 Å². The first-order valence-electron chi connectivity index (χ1n) is 8.69. The molecule has 0 bridgehead atoms. The van der Waals surface area contributed by atoms with Crippen molar-refractivity contribution in [1.29, 1.82) is 0 Å². The summed E-state index contributed by atoms with van der Waals surface area (Å²) in [6.45, 7) is 8.89. The Morgan fingerprint density at radius 3 is 2.27 bits per heavy atom. The summed E-state index contributed by atoms with van der Waals surface area (Å²) in [4.78, 5) is 15.9. The molecule has 0 N–H and O–H groups in total. The quantitative estimate of drug-likeness (QED) is 0.800. The lowest BCUT2D eigenvalue weighted by Gasteiger charge is -2.37. The molecule has 1 saturated heterocycles. The molecule has 0 aromatic carbocycles. The van der Waals surface area contributed by atoms with E-state index in [2.05, 4.69) is 4.90 Å². The molecule has 1 amide bonds. The molecule has 128 valence electrons. The normalized spacial score (nSPS) is 23.4. The number of amides is 1. The minimum absolute atomic E-state index is 0.248. The van der Waals surface area contributed by atoms with Crippen LogP contribution in [0.5, 0.6) is 0 Å². The van der Waals surface area contributed by atoms with Gasteiger partial charge in [-0.1, -0.05) is 19.3 Å². The van der Waals surface area contributed by atoms with Crippen LogP contribution in [0.2, 0.25) is 0 Å². The van der Waals surface area contributed by atoms with Crippen LogP contribution in [0.15, 0.2) is 0 Å². The summed E-state index contributed by atoms with van der Waals surface area (Å²) >= 11 is 0. The maximum absolute atomic E-state index is 14.4. The number of piperazine rings is 1. The standard InChI is InChI=1S/C17H31FN2O2/c1-17(2,3)22-16(21)20-11-9-19(10-12-20)13-15(18)14-7-5-4-6-8-14/h14-15H,4-13H2,1-3H3/t15-/m1/s1. The third kappa shape index (κ3) is 5.41. The predicted octanol–water partition coefficient (Wildman–Crippen LogP) is 3.46. The van der Waals surface area contributed by atoms with Crippen molar-refractivity contribution in [3.63, 3.8) is 0 Å². The summed E-state index contributed by atoms with van der Waals surface area (Å²) in [7, 11) is 0. The van der Waals surface area contributed by atoms with Gasteiger partial charge in [0.15, 0.2) is 0 Å². The van der Waals surface area contributed by atoms with Crippen molar-refractivity contribution in [3.8, 4) is 0 Å². The number of carbonyl (C=O) groups is 1. The summed E-state index contributed by atoms with van der Waals surface area (Å²) in [5, 5.41) is 0. The Hall–Kier alpha value is -0.840. The summed E-state index contributed by atoms with van der Waals surface area (Å²) in [6.07, 6.45) is 4.73. The highest BCUT2D eigenvalue weighted by Gasteiger charge is 2.29. The first-order chi connectivity index (χ1) is 10.3. The van der Waals surface area contributed by atoms with E-state index in [9.17, 15) is 9.18 Å². The van der Waals surface area contributed by atoms with Crippen molar-refractivity contribution in [2.75, 3.05) is 32.7 Å². The number of rotatable bonds is 3. The van der Waals surface area contributed by atoms with E-state index in [0.717, 1.165) is 25.9 Å². The zero-order chi connectivity index (χ0) is 16.2. The summed E-state index contributed by atoms with van der Waals surface area (Å²) in [5.74, 6) is 0.248. The monoisotopic (exact) mass is 314 g/mol. The van der Waals surface area contributed by atoms with E-state index in [1.807, 2.05) is 20.8 Å². The van der Waals surface area contributed by atoms with E-state index in [1.165, 1.54) is 19.3 Å². The number of ether oxygens (including phenoxy) is 1. The zero-order valence-electron chi connectivity index (χ0n) is 14.3. The molecule has 0 unspecified atom stereocenters. The van der Waals surface area contributed by atoms with E-state index >= 15 is 0 Å². The zero-order valence-corrected chi connectivity index (χ0v) is 14.3. The molecule has 2 rings (SSSR count). The maximum atomic E-state index is 14.4. The Balaban J connectivity index is 1.71. The van der Waals surface area contributed by atoms with E-state index in [-0.39, 0.29) is 12.0 Å². The molecule has 0 aromatic heterocycles. The van der Waals surface area contributed by atoms with Gasteiger partial charge in [0.25, 0.3) is 0 Å². The van der Waals surface area contributed by atoms with Crippen molar-refractivity contribution in [2.24, 2.45) is 5.92 Å². The average Bonchev–Trinajstić information content (AvgIpc) is 2.47. The van der Waals surface area contributed by atoms with Crippen LogP contribution in [0.3, 0.4) is 0 Å². The number of hydrogen-bond donors (Lipinski definition) is 0. The molecular weight excluding hydrogens is 283 g/mol. The molecular formula is C17H31FN2O2. The first-order valence-corrected chi connectivity index (χ1v) is 8.69. The third-order valence-electron chi connectivity index (χ3n) is 4.62. The largest absolute Gasteiger partial charge is 0.444 e. The summed E-state index contributed by atoms with van der Waals surface area (Å²) in [6, 6.07) is 0. The average molecular weight is 314 g/mol. The van der Waals surface area contributed by atoms with Crippen LogP contribution >= 0.6 is 0 Å². The molecule has 1 saturated carbocycles. The minimum atomic E-state index is -0.714. The number of halogens is 1. The van der Waals surface area contributed by atoms with Crippen molar-refractivity contribution in [1.82, 2.24) is 9.80 Å². The van der Waals surface area contributed by atoms with Gasteiger partial charge in [-0.15, -0.1) is 0 Å². The molecule has 2 fully saturated rings. The highest BCUT2D eigenvalue weighted by atomic mass is 19.1. The Morgan fingerprint density at radius 1 is 1.14 bits per heavy atom. The minimum Gasteiger partial charge on any atom is -0.444 e. The first kappa shape index (κ1) is 17.5. The molecule has 0 spiro atoms. The smallest absolute Gasteiger partial charge is 0.410 e. The fraction of sp³-hybridized carbons (Fsp3) is 0.941. The van der Waals surface area contributed by atoms with Gasteiger partial charge >= 0.3 is 6.09 Å². The maximum Gasteiger partial charge on any atom is 0.410 e. The lowest BCUT2D eigenvalue weighted by Crippen LogP contribution is -2.51. The summed E-state index contributed by atoms with van der Waals surface area (Å²) < 4.78 is 19.8. The molecule has 2 aliphatic rings. The lowest BCUT2D eigenvalue weighted by atomic mass is 9.86. The molecule has 1 aliphatic carbocycles. The van der Waals surface area contributed by atoms with Crippen molar-refractivity contribution < 1.29 is 13.9 Å². The van der Waals surface area contributed by atoms with Crippen molar-refractivity contribution >= 4 is 6.09 Å². The van der Waals surface area contributed by atoms with Gasteiger partial charge in [0.1, 0.15) is 11.8 Å². The van der Waals surface area contributed by atoms with Crippen LogP contribution in [0.4, 0.5) is 9.18 Å². The van der Waals surface area contributed by atoms with E-state index < -0.39 is 11.8 Å². The molecule has 4 nitrogen and oxygen atoms in total. The van der Waals surface area contributed by atoms with Crippen LogP contribution in [0, 0.1) is 5.92 Å². The highest BCUT2D eigenvalue weighted by molar-refractivity contribution is 5.68.